The van der Waals surface area contributed by atoms with Crippen molar-refractivity contribution in [1.82, 2.24) is 9.78 Å². The third kappa shape index (κ3) is 1.80. The van der Waals surface area contributed by atoms with E-state index in [9.17, 15) is 27.1 Å². The molecular formula is C9H9F5N2O. The summed E-state index contributed by atoms with van der Waals surface area (Å²) in [5.41, 5.74) is -2.21. The summed E-state index contributed by atoms with van der Waals surface area (Å²) in [6.07, 6.45) is -8.21. The minimum atomic E-state index is -4.85. The number of hydrogen-bond donors (Lipinski definition) is 1. The van der Waals surface area contributed by atoms with Gasteiger partial charge in [-0.2, -0.15) is 18.3 Å². The summed E-state index contributed by atoms with van der Waals surface area (Å²) in [5, 5.41) is 12.5. The molecule has 0 amide bonds. The fourth-order valence-electron chi connectivity index (χ4n) is 2.00. The molecule has 1 aromatic rings. The van der Waals surface area contributed by atoms with Gasteiger partial charge in [0.15, 0.2) is 5.69 Å². The smallest absolute Gasteiger partial charge is 0.382 e. The number of aliphatic hydroxyl groups is 1. The Bertz CT molecular complexity index is 451. The predicted molar refractivity (Wildman–Crippen MR) is 46.4 cm³/mol. The molecule has 2 rings (SSSR count). The maximum atomic E-state index is 13.2. The maximum absolute atomic E-state index is 13.2. The number of aryl methyl sites for hydroxylation is 1. The standard InChI is InChI=1S/C9H9F5N2O/c1-16-4-2-3-8(10,11)7(17)5(4)6(15-16)9(12,13)14/h7,17H,2-3H2,1H3. The predicted octanol–water partition coefficient (Wildman–Crippen LogP) is 2.05. The summed E-state index contributed by atoms with van der Waals surface area (Å²) in [7, 11) is 1.24. The fraction of sp³-hybridized carbons (Fsp3) is 0.667. The molecule has 0 spiro atoms. The zero-order chi connectivity index (χ0) is 13.0. The summed E-state index contributed by atoms with van der Waals surface area (Å²) in [6, 6.07) is 0. The SMILES string of the molecule is Cn1nc(C(F)(F)F)c2c1CCC(F)(F)C2O. The molecule has 1 aliphatic rings. The van der Waals surface area contributed by atoms with Crippen LogP contribution >= 0.6 is 0 Å². The van der Waals surface area contributed by atoms with Gasteiger partial charge in [-0.05, 0) is 6.42 Å². The van der Waals surface area contributed by atoms with Crippen LogP contribution in [0.3, 0.4) is 0 Å². The van der Waals surface area contributed by atoms with Gasteiger partial charge in [-0.25, -0.2) is 8.78 Å². The highest BCUT2D eigenvalue weighted by Crippen LogP contribution is 2.46. The second-order valence-electron chi connectivity index (χ2n) is 3.99. The molecule has 96 valence electrons. The van der Waals surface area contributed by atoms with Gasteiger partial charge in [0.05, 0.1) is 0 Å². The summed E-state index contributed by atoms with van der Waals surface area (Å²) >= 11 is 0. The van der Waals surface area contributed by atoms with Gasteiger partial charge in [0.2, 0.25) is 0 Å². The lowest BCUT2D eigenvalue weighted by Crippen LogP contribution is -2.33. The Labute approximate surface area is 92.8 Å². The van der Waals surface area contributed by atoms with Crippen molar-refractivity contribution in [3.05, 3.63) is 17.0 Å². The van der Waals surface area contributed by atoms with Crippen molar-refractivity contribution < 1.29 is 27.1 Å². The number of aliphatic hydroxyl groups excluding tert-OH is 1. The Morgan fingerprint density at radius 2 is 2.00 bits per heavy atom. The van der Waals surface area contributed by atoms with Gasteiger partial charge in [-0.15, -0.1) is 0 Å². The average Bonchev–Trinajstić information content (AvgIpc) is 2.50. The molecule has 0 bridgehead atoms. The van der Waals surface area contributed by atoms with Crippen LogP contribution in [0.4, 0.5) is 22.0 Å². The normalized spacial score (nSPS) is 23.6. The molecule has 3 nitrogen and oxygen atoms in total. The van der Waals surface area contributed by atoms with Gasteiger partial charge < -0.3 is 5.11 Å². The summed E-state index contributed by atoms with van der Waals surface area (Å²) < 4.78 is 65.0. The number of hydrogen-bond acceptors (Lipinski definition) is 2. The van der Waals surface area contributed by atoms with Crippen molar-refractivity contribution in [3.63, 3.8) is 0 Å². The lowest BCUT2D eigenvalue weighted by molar-refractivity contribution is -0.150. The molecule has 0 saturated heterocycles. The van der Waals surface area contributed by atoms with Crippen molar-refractivity contribution in [2.75, 3.05) is 0 Å². The fourth-order valence-corrected chi connectivity index (χ4v) is 2.00. The molecule has 1 heterocycles. The van der Waals surface area contributed by atoms with E-state index in [1.165, 1.54) is 7.05 Å². The molecule has 0 fully saturated rings. The highest BCUT2D eigenvalue weighted by atomic mass is 19.4. The van der Waals surface area contributed by atoms with Gasteiger partial charge in [-0.1, -0.05) is 0 Å². The van der Waals surface area contributed by atoms with Gasteiger partial charge >= 0.3 is 6.18 Å². The second-order valence-corrected chi connectivity index (χ2v) is 3.99. The molecule has 8 heteroatoms. The molecular weight excluding hydrogens is 247 g/mol. The average molecular weight is 256 g/mol. The van der Waals surface area contributed by atoms with Crippen molar-refractivity contribution in [2.24, 2.45) is 7.05 Å². The minimum absolute atomic E-state index is 0.00995. The van der Waals surface area contributed by atoms with Crippen LogP contribution in [0, 0.1) is 0 Å². The van der Waals surface area contributed by atoms with Gasteiger partial charge in [-0.3, -0.25) is 4.68 Å². The third-order valence-corrected chi connectivity index (χ3v) is 2.84. The van der Waals surface area contributed by atoms with Crippen LogP contribution < -0.4 is 0 Å². The van der Waals surface area contributed by atoms with Crippen LogP contribution in [-0.2, 0) is 19.6 Å². The highest BCUT2D eigenvalue weighted by Gasteiger charge is 2.50. The number of alkyl halides is 5. The summed E-state index contributed by atoms with van der Waals surface area (Å²) in [4.78, 5) is 0. The Kier molecular flexibility index (Phi) is 2.46. The zero-order valence-electron chi connectivity index (χ0n) is 8.72. The second kappa shape index (κ2) is 3.41. The topological polar surface area (TPSA) is 38.0 Å². The van der Waals surface area contributed by atoms with E-state index in [-0.39, 0.29) is 12.1 Å². The van der Waals surface area contributed by atoms with E-state index in [0.29, 0.717) is 0 Å². The van der Waals surface area contributed by atoms with E-state index in [0.717, 1.165) is 4.68 Å². The zero-order valence-corrected chi connectivity index (χ0v) is 8.72. The molecule has 1 N–H and O–H groups in total. The van der Waals surface area contributed by atoms with Crippen LogP contribution in [0.1, 0.15) is 29.5 Å². The third-order valence-electron chi connectivity index (χ3n) is 2.84. The number of rotatable bonds is 0. The Hall–Kier alpha value is -1.18. The van der Waals surface area contributed by atoms with E-state index < -0.39 is 35.9 Å². The molecule has 17 heavy (non-hydrogen) atoms. The maximum Gasteiger partial charge on any atom is 0.435 e. The van der Waals surface area contributed by atoms with E-state index in [2.05, 4.69) is 5.10 Å². The van der Waals surface area contributed by atoms with Crippen molar-refractivity contribution in [1.29, 1.82) is 0 Å². The molecule has 0 aromatic carbocycles. The largest absolute Gasteiger partial charge is 0.435 e. The molecule has 1 atom stereocenters. The molecule has 0 aliphatic heterocycles. The quantitative estimate of drug-likeness (QED) is 0.721. The number of fused-ring (bicyclic) bond motifs is 1. The number of nitrogens with zero attached hydrogens (tertiary/aromatic N) is 2. The molecule has 0 saturated carbocycles. The van der Waals surface area contributed by atoms with Crippen molar-refractivity contribution in [3.8, 4) is 0 Å². The molecule has 1 aliphatic carbocycles. The molecule has 0 radical (unpaired) electrons. The van der Waals surface area contributed by atoms with E-state index in [1.807, 2.05) is 0 Å². The van der Waals surface area contributed by atoms with E-state index in [1.54, 1.807) is 0 Å². The molecule has 1 unspecified atom stereocenters. The summed E-state index contributed by atoms with van der Waals surface area (Å²) in [6.45, 7) is 0. The monoisotopic (exact) mass is 256 g/mol. The van der Waals surface area contributed by atoms with Crippen LogP contribution in [0.5, 0.6) is 0 Å². The summed E-state index contributed by atoms with van der Waals surface area (Å²) in [5.74, 6) is -3.55. The van der Waals surface area contributed by atoms with Gasteiger partial charge in [0.25, 0.3) is 5.92 Å². The first-order chi connectivity index (χ1) is 7.64. The molecule has 1 aromatic heterocycles. The van der Waals surface area contributed by atoms with Crippen LogP contribution in [0.2, 0.25) is 0 Å². The van der Waals surface area contributed by atoms with Crippen LogP contribution in [0.15, 0.2) is 0 Å². The first-order valence-electron chi connectivity index (χ1n) is 4.83. The van der Waals surface area contributed by atoms with E-state index in [4.69, 9.17) is 0 Å². The highest BCUT2D eigenvalue weighted by molar-refractivity contribution is 5.34. The number of aromatic nitrogens is 2. The number of halogens is 5. The Morgan fingerprint density at radius 1 is 1.41 bits per heavy atom. The van der Waals surface area contributed by atoms with E-state index >= 15 is 0 Å². The van der Waals surface area contributed by atoms with Gasteiger partial charge in [0, 0.05) is 24.7 Å². The van der Waals surface area contributed by atoms with Gasteiger partial charge in [0.1, 0.15) is 6.10 Å². The Morgan fingerprint density at radius 3 is 2.53 bits per heavy atom. The van der Waals surface area contributed by atoms with Crippen molar-refractivity contribution in [2.45, 2.75) is 31.0 Å². The van der Waals surface area contributed by atoms with Crippen LogP contribution in [0.25, 0.3) is 0 Å². The minimum Gasteiger partial charge on any atom is -0.382 e. The first kappa shape index (κ1) is 12.3. The Balaban J connectivity index is 2.62. The lowest BCUT2D eigenvalue weighted by atomic mass is 9.89. The first-order valence-corrected chi connectivity index (χ1v) is 4.83. The van der Waals surface area contributed by atoms with Crippen molar-refractivity contribution >= 4 is 0 Å². The van der Waals surface area contributed by atoms with Crippen LogP contribution in [-0.4, -0.2) is 20.8 Å². The lowest BCUT2D eigenvalue weighted by Gasteiger charge is -2.28.